The number of ether oxygens (including phenoxy) is 2. The van der Waals surface area contributed by atoms with E-state index in [1.165, 1.54) is 0 Å². The second-order valence-electron chi connectivity index (χ2n) is 5.09. The van der Waals surface area contributed by atoms with Crippen molar-refractivity contribution >= 4 is 17.2 Å². The summed E-state index contributed by atoms with van der Waals surface area (Å²) in [4.78, 5) is 2.49. The van der Waals surface area contributed by atoms with Gasteiger partial charge >= 0.3 is 0 Å². The summed E-state index contributed by atoms with van der Waals surface area (Å²) in [6, 6.07) is 7.34. The van der Waals surface area contributed by atoms with E-state index < -0.39 is 6.10 Å². The smallest absolute Gasteiger partial charge is 0.129 e. The zero-order chi connectivity index (χ0) is 15.1. The molecule has 0 spiro atoms. The van der Waals surface area contributed by atoms with Crippen molar-refractivity contribution in [2.75, 3.05) is 39.5 Å². The van der Waals surface area contributed by atoms with Gasteiger partial charge in [-0.15, -0.1) is 0 Å². The number of rotatable bonds is 6. The number of hydrogen-bond donors (Lipinski definition) is 2. The molecule has 1 saturated heterocycles. The number of hydrogen-bond acceptors (Lipinski definition) is 5. The summed E-state index contributed by atoms with van der Waals surface area (Å²) in [7, 11) is 0. The first-order chi connectivity index (χ1) is 10.2. The molecule has 116 valence electrons. The first kappa shape index (κ1) is 16.2. The van der Waals surface area contributed by atoms with Crippen LogP contribution in [0.2, 0.25) is 0 Å². The number of nitrogens with zero attached hydrogens (tertiary/aromatic N) is 1. The standard InChI is InChI=1S/C15H22N2O3S/c16-15(21)13-4-1-2-5-14(13)20-11-12(18)10-17-6-3-8-19-9-7-17/h1-2,4-5,12,18H,3,6-11H2,(H2,16,21). The summed E-state index contributed by atoms with van der Waals surface area (Å²) < 4.78 is 11.1. The van der Waals surface area contributed by atoms with Crippen LogP contribution in [-0.4, -0.2) is 60.6 Å². The van der Waals surface area contributed by atoms with Crippen LogP contribution in [0.5, 0.6) is 5.75 Å². The molecule has 1 heterocycles. The highest BCUT2D eigenvalue weighted by Gasteiger charge is 2.15. The summed E-state index contributed by atoms with van der Waals surface area (Å²) in [6.07, 6.45) is 0.445. The Morgan fingerprint density at radius 1 is 1.38 bits per heavy atom. The third-order valence-corrected chi connectivity index (χ3v) is 3.59. The van der Waals surface area contributed by atoms with Gasteiger partial charge in [-0.3, -0.25) is 4.90 Å². The van der Waals surface area contributed by atoms with E-state index in [0.29, 0.717) is 22.8 Å². The number of benzene rings is 1. The Bertz CT molecular complexity index is 462. The molecule has 2 rings (SSSR count). The van der Waals surface area contributed by atoms with Gasteiger partial charge in [0, 0.05) is 26.2 Å². The molecule has 3 N–H and O–H groups in total. The first-order valence-corrected chi connectivity index (χ1v) is 7.57. The zero-order valence-electron chi connectivity index (χ0n) is 12.0. The third kappa shape index (κ3) is 5.24. The Balaban J connectivity index is 1.83. The van der Waals surface area contributed by atoms with Crippen LogP contribution < -0.4 is 10.5 Å². The Hall–Kier alpha value is -1.21. The monoisotopic (exact) mass is 310 g/mol. The molecule has 0 radical (unpaired) electrons. The van der Waals surface area contributed by atoms with Crippen molar-refractivity contribution in [3.8, 4) is 5.75 Å². The highest BCUT2D eigenvalue weighted by molar-refractivity contribution is 7.80. The van der Waals surface area contributed by atoms with E-state index >= 15 is 0 Å². The lowest BCUT2D eigenvalue weighted by molar-refractivity contribution is 0.0658. The van der Waals surface area contributed by atoms with Crippen molar-refractivity contribution in [3.63, 3.8) is 0 Å². The molecule has 1 unspecified atom stereocenters. The van der Waals surface area contributed by atoms with Gasteiger partial charge in [0.1, 0.15) is 23.4 Å². The Labute approximate surface area is 130 Å². The molecule has 21 heavy (non-hydrogen) atoms. The van der Waals surface area contributed by atoms with Crippen LogP contribution in [0, 0.1) is 0 Å². The molecular weight excluding hydrogens is 288 g/mol. The SMILES string of the molecule is NC(=S)c1ccccc1OCC(O)CN1CCCOCC1. The van der Waals surface area contributed by atoms with Gasteiger partial charge in [-0.25, -0.2) is 0 Å². The highest BCUT2D eigenvalue weighted by atomic mass is 32.1. The number of aliphatic hydroxyl groups excluding tert-OH is 1. The summed E-state index contributed by atoms with van der Waals surface area (Å²) in [5.41, 5.74) is 6.35. The predicted molar refractivity (Wildman–Crippen MR) is 85.7 cm³/mol. The molecule has 0 amide bonds. The second kappa shape index (κ2) is 8.29. The van der Waals surface area contributed by atoms with E-state index in [-0.39, 0.29) is 6.61 Å². The fourth-order valence-corrected chi connectivity index (χ4v) is 2.48. The normalized spacial score (nSPS) is 18.0. The topological polar surface area (TPSA) is 68.0 Å². The minimum absolute atomic E-state index is 0.219. The molecule has 1 aliphatic heterocycles. The number of thiocarbonyl (C=S) groups is 1. The fraction of sp³-hybridized carbons (Fsp3) is 0.533. The van der Waals surface area contributed by atoms with Crippen molar-refractivity contribution in [2.45, 2.75) is 12.5 Å². The van der Waals surface area contributed by atoms with Crippen LogP contribution in [0.3, 0.4) is 0 Å². The molecule has 0 bridgehead atoms. The largest absolute Gasteiger partial charge is 0.490 e. The third-order valence-electron chi connectivity index (χ3n) is 3.37. The molecule has 1 atom stereocenters. The fourth-order valence-electron chi connectivity index (χ4n) is 2.31. The van der Waals surface area contributed by atoms with Crippen LogP contribution in [0.15, 0.2) is 24.3 Å². The molecule has 1 aromatic rings. The van der Waals surface area contributed by atoms with Crippen LogP contribution in [0.1, 0.15) is 12.0 Å². The van der Waals surface area contributed by atoms with Crippen molar-refractivity contribution in [2.24, 2.45) is 5.73 Å². The van der Waals surface area contributed by atoms with E-state index in [4.69, 9.17) is 27.4 Å². The maximum atomic E-state index is 10.1. The van der Waals surface area contributed by atoms with Crippen molar-refractivity contribution in [1.82, 2.24) is 4.90 Å². The van der Waals surface area contributed by atoms with E-state index in [1.54, 1.807) is 6.07 Å². The molecule has 1 aliphatic rings. The summed E-state index contributed by atoms with van der Waals surface area (Å²) >= 11 is 4.99. The van der Waals surface area contributed by atoms with Gasteiger partial charge in [0.15, 0.2) is 0 Å². The number of nitrogens with two attached hydrogens (primary N) is 1. The van der Waals surface area contributed by atoms with Gasteiger partial charge in [-0.05, 0) is 18.6 Å². The van der Waals surface area contributed by atoms with E-state index in [1.807, 2.05) is 18.2 Å². The molecule has 0 aliphatic carbocycles. The molecule has 1 aromatic carbocycles. The summed E-state index contributed by atoms with van der Waals surface area (Å²) in [5, 5.41) is 10.1. The lowest BCUT2D eigenvalue weighted by Crippen LogP contribution is -2.37. The zero-order valence-corrected chi connectivity index (χ0v) is 12.8. The summed E-state index contributed by atoms with van der Waals surface area (Å²) in [6.45, 7) is 4.11. The Morgan fingerprint density at radius 2 is 2.19 bits per heavy atom. The van der Waals surface area contributed by atoms with Crippen molar-refractivity contribution in [1.29, 1.82) is 0 Å². The Morgan fingerprint density at radius 3 is 3.00 bits per heavy atom. The Kier molecular flexibility index (Phi) is 6.38. The minimum atomic E-state index is -0.553. The molecule has 6 heteroatoms. The van der Waals surface area contributed by atoms with E-state index in [9.17, 15) is 5.11 Å². The molecule has 5 nitrogen and oxygen atoms in total. The minimum Gasteiger partial charge on any atom is -0.490 e. The van der Waals surface area contributed by atoms with E-state index in [2.05, 4.69) is 4.90 Å². The van der Waals surface area contributed by atoms with Gasteiger partial charge < -0.3 is 20.3 Å². The van der Waals surface area contributed by atoms with Gasteiger partial charge in [-0.2, -0.15) is 0 Å². The first-order valence-electron chi connectivity index (χ1n) is 7.16. The highest BCUT2D eigenvalue weighted by Crippen LogP contribution is 2.18. The van der Waals surface area contributed by atoms with Gasteiger partial charge in [0.05, 0.1) is 12.2 Å². The lowest BCUT2D eigenvalue weighted by atomic mass is 10.2. The van der Waals surface area contributed by atoms with E-state index in [0.717, 1.165) is 32.7 Å². The maximum absolute atomic E-state index is 10.1. The maximum Gasteiger partial charge on any atom is 0.129 e. The quantitative estimate of drug-likeness (QED) is 0.757. The van der Waals surface area contributed by atoms with Crippen molar-refractivity contribution in [3.05, 3.63) is 29.8 Å². The average Bonchev–Trinajstić information content (AvgIpc) is 2.74. The second-order valence-corrected chi connectivity index (χ2v) is 5.53. The van der Waals surface area contributed by atoms with Crippen LogP contribution in [-0.2, 0) is 4.74 Å². The number of para-hydroxylation sites is 1. The molecule has 0 saturated carbocycles. The van der Waals surface area contributed by atoms with Crippen molar-refractivity contribution < 1.29 is 14.6 Å². The van der Waals surface area contributed by atoms with Crippen LogP contribution in [0.25, 0.3) is 0 Å². The van der Waals surface area contributed by atoms with Gasteiger partial charge in [-0.1, -0.05) is 24.4 Å². The van der Waals surface area contributed by atoms with Crippen LogP contribution in [0.4, 0.5) is 0 Å². The molecular formula is C15H22N2O3S. The molecule has 1 fully saturated rings. The van der Waals surface area contributed by atoms with Gasteiger partial charge in [0.2, 0.25) is 0 Å². The lowest BCUT2D eigenvalue weighted by Gasteiger charge is -2.23. The summed E-state index contributed by atoms with van der Waals surface area (Å²) in [5.74, 6) is 0.614. The van der Waals surface area contributed by atoms with Gasteiger partial charge in [0.25, 0.3) is 0 Å². The molecule has 0 aromatic heterocycles. The van der Waals surface area contributed by atoms with Crippen LogP contribution >= 0.6 is 12.2 Å². The number of β-amino-alcohol motifs (C(OH)–C–C–N with tert-alkyl or cyclic N) is 1. The number of aliphatic hydroxyl groups is 1. The average molecular weight is 310 g/mol. The predicted octanol–water partition coefficient (Wildman–Crippen LogP) is 0.783.